The number of unbranched alkanes of at least 4 members (excludes halogenated alkanes) is 1. The van der Waals surface area contributed by atoms with E-state index in [1.807, 2.05) is 43.3 Å². The highest BCUT2D eigenvalue weighted by atomic mass is 32.2. The van der Waals surface area contributed by atoms with Crippen molar-refractivity contribution in [2.24, 2.45) is 0 Å². The standard InChI is InChI=1S/C21H22N4O2S3/c1-3-4-10-18-23-24-20(30-18)22-17(26)13-25-19(27)16(29-21(25)28)12-14(2)11-15-8-6-5-7-9-15/h5-9,11-12H,3-4,10,13H2,1-2H3,(H,22,24,26)/b14-11+,16-12-. The summed E-state index contributed by atoms with van der Waals surface area (Å²) in [6.07, 6.45) is 6.74. The molecule has 9 heteroatoms. The maximum atomic E-state index is 12.7. The number of aryl methyl sites for hydroxylation is 1. The molecule has 1 saturated heterocycles. The lowest BCUT2D eigenvalue weighted by Gasteiger charge is -2.13. The fourth-order valence-electron chi connectivity index (χ4n) is 2.73. The SMILES string of the molecule is CCCCc1nnc(NC(=O)CN2C(=O)/C(=C/C(C)=C/c3ccccc3)SC2=S)s1. The number of nitrogens with zero attached hydrogens (tertiary/aromatic N) is 3. The third-order valence-electron chi connectivity index (χ3n) is 4.19. The molecule has 0 unspecified atom stereocenters. The molecule has 1 fully saturated rings. The van der Waals surface area contributed by atoms with Gasteiger partial charge in [0.15, 0.2) is 0 Å². The Morgan fingerprint density at radius 1 is 1.27 bits per heavy atom. The van der Waals surface area contributed by atoms with Crippen molar-refractivity contribution in [1.82, 2.24) is 15.1 Å². The minimum absolute atomic E-state index is 0.146. The van der Waals surface area contributed by atoms with Crippen LogP contribution in [0.3, 0.4) is 0 Å². The highest BCUT2D eigenvalue weighted by Crippen LogP contribution is 2.32. The van der Waals surface area contributed by atoms with Crippen molar-refractivity contribution in [2.75, 3.05) is 11.9 Å². The zero-order valence-corrected chi connectivity index (χ0v) is 19.2. The molecule has 1 aromatic carbocycles. The predicted molar refractivity (Wildman–Crippen MR) is 127 cm³/mol. The summed E-state index contributed by atoms with van der Waals surface area (Å²) in [7, 11) is 0. The molecular weight excluding hydrogens is 436 g/mol. The maximum Gasteiger partial charge on any atom is 0.266 e. The molecule has 2 heterocycles. The van der Waals surface area contributed by atoms with E-state index in [1.54, 1.807) is 6.08 Å². The normalized spacial score (nSPS) is 15.9. The zero-order chi connectivity index (χ0) is 21.5. The monoisotopic (exact) mass is 458 g/mol. The van der Waals surface area contributed by atoms with Gasteiger partial charge in [0.1, 0.15) is 15.9 Å². The number of hydrogen-bond donors (Lipinski definition) is 1. The van der Waals surface area contributed by atoms with E-state index >= 15 is 0 Å². The molecule has 0 radical (unpaired) electrons. The van der Waals surface area contributed by atoms with Crippen LogP contribution in [0, 0.1) is 0 Å². The van der Waals surface area contributed by atoms with Crippen LogP contribution < -0.4 is 5.32 Å². The van der Waals surface area contributed by atoms with E-state index in [0.717, 1.165) is 35.4 Å². The minimum atomic E-state index is -0.345. The highest BCUT2D eigenvalue weighted by Gasteiger charge is 2.33. The summed E-state index contributed by atoms with van der Waals surface area (Å²) in [4.78, 5) is 26.9. The number of thioether (sulfide) groups is 1. The van der Waals surface area contributed by atoms with Gasteiger partial charge in [-0.15, -0.1) is 10.2 Å². The number of rotatable bonds is 8. The Balaban J connectivity index is 1.61. The number of benzene rings is 1. The zero-order valence-electron chi connectivity index (χ0n) is 16.8. The summed E-state index contributed by atoms with van der Waals surface area (Å²) in [5.74, 6) is -0.607. The van der Waals surface area contributed by atoms with Gasteiger partial charge in [0, 0.05) is 6.42 Å². The fourth-order valence-corrected chi connectivity index (χ4v) is 4.84. The molecule has 30 heavy (non-hydrogen) atoms. The second-order valence-electron chi connectivity index (χ2n) is 6.72. The molecule has 156 valence electrons. The summed E-state index contributed by atoms with van der Waals surface area (Å²) in [5, 5.41) is 12.1. The Kier molecular flexibility index (Phi) is 7.89. The summed E-state index contributed by atoms with van der Waals surface area (Å²) < 4.78 is 0.370. The largest absolute Gasteiger partial charge is 0.299 e. The van der Waals surface area contributed by atoms with Crippen molar-refractivity contribution in [3.63, 3.8) is 0 Å². The van der Waals surface area contributed by atoms with Gasteiger partial charge in [-0.3, -0.25) is 19.8 Å². The molecule has 2 aromatic rings. The first kappa shape index (κ1) is 22.3. The molecule has 0 aliphatic carbocycles. The van der Waals surface area contributed by atoms with Gasteiger partial charge in [-0.2, -0.15) is 0 Å². The average molecular weight is 459 g/mol. The second kappa shape index (κ2) is 10.6. The van der Waals surface area contributed by atoms with E-state index < -0.39 is 0 Å². The van der Waals surface area contributed by atoms with Gasteiger partial charge in [-0.25, -0.2) is 0 Å². The second-order valence-corrected chi connectivity index (χ2v) is 9.46. The fraction of sp³-hybridized carbons (Fsp3) is 0.286. The van der Waals surface area contributed by atoms with Crippen molar-refractivity contribution in [3.05, 3.63) is 57.5 Å². The number of aromatic nitrogens is 2. The van der Waals surface area contributed by atoms with Crippen LogP contribution in [0.15, 0.2) is 46.9 Å². The lowest BCUT2D eigenvalue weighted by Crippen LogP contribution is -2.36. The van der Waals surface area contributed by atoms with E-state index in [-0.39, 0.29) is 18.4 Å². The highest BCUT2D eigenvalue weighted by molar-refractivity contribution is 8.26. The van der Waals surface area contributed by atoms with E-state index in [2.05, 4.69) is 22.4 Å². The van der Waals surface area contributed by atoms with E-state index in [1.165, 1.54) is 28.0 Å². The van der Waals surface area contributed by atoms with Crippen LogP contribution in [0.2, 0.25) is 0 Å². The third kappa shape index (κ3) is 6.07. The van der Waals surface area contributed by atoms with Gasteiger partial charge < -0.3 is 0 Å². The van der Waals surface area contributed by atoms with Crippen LogP contribution >= 0.6 is 35.3 Å². The molecule has 1 aliphatic rings. The number of thiocarbonyl (C=S) groups is 1. The minimum Gasteiger partial charge on any atom is -0.299 e. The first-order valence-electron chi connectivity index (χ1n) is 9.57. The van der Waals surface area contributed by atoms with Crippen LogP contribution in [0.25, 0.3) is 6.08 Å². The lowest BCUT2D eigenvalue weighted by molar-refractivity contribution is -0.126. The number of carbonyl (C=O) groups is 2. The van der Waals surface area contributed by atoms with Crippen LogP contribution in [0.5, 0.6) is 0 Å². The molecule has 0 saturated carbocycles. The molecule has 3 rings (SSSR count). The molecule has 1 aliphatic heterocycles. The lowest BCUT2D eigenvalue weighted by atomic mass is 10.1. The number of allylic oxidation sites excluding steroid dienone is 2. The van der Waals surface area contributed by atoms with Crippen molar-refractivity contribution in [1.29, 1.82) is 0 Å². The molecule has 0 atom stereocenters. The number of hydrogen-bond acceptors (Lipinski definition) is 7. The topological polar surface area (TPSA) is 75.2 Å². The van der Waals surface area contributed by atoms with Crippen LogP contribution in [-0.2, 0) is 16.0 Å². The number of amides is 2. The van der Waals surface area contributed by atoms with Gasteiger partial charge in [0.25, 0.3) is 5.91 Å². The van der Waals surface area contributed by atoms with E-state index in [4.69, 9.17) is 12.2 Å². The van der Waals surface area contributed by atoms with Crippen LogP contribution in [-0.4, -0.2) is 37.8 Å². The van der Waals surface area contributed by atoms with Gasteiger partial charge >= 0.3 is 0 Å². The van der Waals surface area contributed by atoms with Crippen molar-refractivity contribution >= 4 is 62.7 Å². The Hall–Kier alpha value is -2.36. The Labute approximate surface area is 189 Å². The molecule has 2 amide bonds. The summed E-state index contributed by atoms with van der Waals surface area (Å²) in [6, 6.07) is 9.86. The summed E-state index contributed by atoms with van der Waals surface area (Å²) in [5.41, 5.74) is 1.98. The van der Waals surface area contributed by atoms with Gasteiger partial charge in [0.05, 0.1) is 4.91 Å². The van der Waals surface area contributed by atoms with Gasteiger partial charge in [0.2, 0.25) is 11.0 Å². The molecule has 0 bridgehead atoms. The van der Waals surface area contributed by atoms with E-state index in [9.17, 15) is 9.59 Å². The Morgan fingerprint density at radius 2 is 2.03 bits per heavy atom. The number of nitrogens with one attached hydrogen (secondary N) is 1. The molecule has 1 aromatic heterocycles. The maximum absolute atomic E-state index is 12.7. The number of carbonyl (C=O) groups excluding carboxylic acids is 2. The van der Waals surface area contributed by atoms with Crippen LogP contribution in [0.1, 0.15) is 37.3 Å². The smallest absolute Gasteiger partial charge is 0.266 e. The summed E-state index contributed by atoms with van der Waals surface area (Å²) in [6.45, 7) is 3.89. The van der Waals surface area contributed by atoms with Crippen LogP contribution in [0.4, 0.5) is 5.13 Å². The first-order valence-corrected chi connectivity index (χ1v) is 11.6. The predicted octanol–water partition coefficient (Wildman–Crippen LogP) is 4.67. The molecule has 1 N–H and O–H groups in total. The van der Waals surface area contributed by atoms with Crippen molar-refractivity contribution in [3.8, 4) is 0 Å². The third-order valence-corrected chi connectivity index (χ3v) is 6.46. The number of anilines is 1. The quantitative estimate of drug-likeness (QED) is 0.458. The van der Waals surface area contributed by atoms with Gasteiger partial charge in [-0.1, -0.05) is 85.1 Å². The average Bonchev–Trinajstić information content (AvgIpc) is 3.26. The summed E-state index contributed by atoms with van der Waals surface area (Å²) >= 11 is 7.88. The van der Waals surface area contributed by atoms with Gasteiger partial charge in [-0.05, 0) is 30.6 Å². The Morgan fingerprint density at radius 3 is 2.77 bits per heavy atom. The molecule has 0 spiro atoms. The van der Waals surface area contributed by atoms with Crippen molar-refractivity contribution < 1.29 is 9.59 Å². The molecular formula is C21H22N4O2S3. The van der Waals surface area contributed by atoms with Crippen molar-refractivity contribution in [2.45, 2.75) is 33.1 Å². The first-order chi connectivity index (χ1) is 14.5. The molecule has 6 nitrogen and oxygen atoms in total. The van der Waals surface area contributed by atoms with E-state index in [0.29, 0.717) is 14.4 Å². The Bertz CT molecular complexity index is 999.